The molecule has 4 nitrogen and oxygen atoms in total. The number of rotatable bonds is 2. The van der Waals surface area contributed by atoms with Crippen molar-refractivity contribution in [3.05, 3.63) is 0 Å². The summed E-state index contributed by atoms with van der Waals surface area (Å²) in [6, 6.07) is -0.148. The fourth-order valence-corrected chi connectivity index (χ4v) is 2.72. The van der Waals surface area contributed by atoms with Gasteiger partial charge in [-0.05, 0) is 25.2 Å². The number of halogens is 1. The first-order valence-corrected chi connectivity index (χ1v) is 6.41. The van der Waals surface area contributed by atoms with Crippen molar-refractivity contribution >= 4 is 18.3 Å². The second kappa shape index (κ2) is 6.57. The molecule has 0 aromatic rings. The lowest BCUT2D eigenvalue weighted by molar-refractivity contribution is -0.135. The number of carbonyl (C=O) groups is 1. The highest BCUT2D eigenvalue weighted by Crippen LogP contribution is 2.21. The molecule has 0 aromatic heterocycles. The topological polar surface area (TPSA) is 52.6 Å². The molecule has 2 N–H and O–H groups in total. The summed E-state index contributed by atoms with van der Waals surface area (Å²) in [5.41, 5.74) is 0. The van der Waals surface area contributed by atoms with Crippen LogP contribution in [0.15, 0.2) is 0 Å². The van der Waals surface area contributed by atoms with E-state index in [1.54, 1.807) is 0 Å². The Bertz CT molecular complexity index is 263. The van der Waals surface area contributed by atoms with Crippen LogP contribution in [-0.2, 0) is 4.79 Å². The highest BCUT2D eigenvalue weighted by Gasteiger charge is 2.33. The van der Waals surface area contributed by atoms with Crippen LogP contribution in [0.2, 0.25) is 0 Å². The number of nitrogens with one attached hydrogen (secondary N) is 1. The Morgan fingerprint density at radius 2 is 2.29 bits per heavy atom. The van der Waals surface area contributed by atoms with Crippen LogP contribution in [0.1, 0.15) is 32.6 Å². The molecule has 3 atom stereocenters. The van der Waals surface area contributed by atoms with Gasteiger partial charge in [-0.1, -0.05) is 13.3 Å². The maximum absolute atomic E-state index is 12.2. The van der Waals surface area contributed by atoms with Gasteiger partial charge in [0.1, 0.15) is 0 Å². The van der Waals surface area contributed by atoms with Gasteiger partial charge in [-0.15, -0.1) is 12.4 Å². The zero-order valence-corrected chi connectivity index (χ0v) is 11.2. The second-order valence-electron chi connectivity index (χ2n) is 5.05. The van der Waals surface area contributed by atoms with E-state index in [0.717, 1.165) is 25.9 Å². The van der Waals surface area contributed by atoms with Crippen LogP contribution >= 0.6 is 12.4 Å². The first-order chi connectivity index (χ1) is 7.70. The normalized spacial score (nSPS) is 33.3. The van der Waals surface area contributed by atoms with Gasteiger partial charge in [0.25, 0.3) is 0 Å². The van der Waals surface area contributed by atoms with Crippen molar-refractivity contribution in [2.75, 3.05) is 19.6 Å². The van der Waals surface area contributed by atoms with Gasteiger partial charge < -0.3 is 15.3 Å². The zero-order chi connectivity index (χ0) is 11.5. The molecule has 17 heavy (non-hydrogen) atoms. The van der Waals surface area contributed by atoms with Crippen LogP contribution in [0.4, 0.5) is 0 Å². The van der Waals surface area contributed by atoms with E-state index in [1.165, 1.54) is 6.42 Å². The fraction of sp³-hybridized carbons (Fsp3) is 0.917. The van der Waals surface area contributed by atoms with E-state index in [-0.39, 0.29) is 30.5 Å². The summed E-state index contributed by atoms with van der Waals surface area (Å²) in [5.74, 6) is 0.860. The molecule has 5 heteroatoms. The molecule has 0 spiro atoms. The molecular formula is C12H23ClN2O2. The summed E-state index contributed by atoms with van der Waals surface area (Å²) in [6.07, 6.45) is 3.76. The third kappa shape index (κ3) is 3.57. The minimum Gasteiger partial charge on any atom is -0.392 e. The number of β-amino-alcohol motifs (C(OH)–C–C–N with tert-alkyl or cyclic N) is 1. The molecule has 0 radical (unpaired) electrons. The van der Waals surface area contributed by atoms with E-state index >= 15 is 0 Å². The van der Waals surface area contributed by atoms with E-state index in [0.29, 0.717) is 18.9 Å². The summed E-state index contributed by atoms with van der Waals surface area (Å²) in [6.45, 7) is 4.55. The Morgan fingerprint density at radius 1 is 1.53 bits per heavy atom. The van der Waals surface area contributed by atoms with E-state index in [4.69, 9.17) is 0 Å². The molecule has 0 bridgehead atoms. The van der Waals surface area contributed by atoms with Gasteiger partial charge in [-0.2, -0.15) is 0 Å². The summed E-state index contributed by atoms with van der Waals surface area (Å²) in [5, 5.41) is 12.5. The first kappa shape index (κ1) is 14.7. The molecule has 100 valence electrons. The van der Waals surface area contributed by atoms with Gasteiger partial charge in [0.05, 0.1) is 12.1 Å². The van der Waals surface area contributed by atoms with Crippen molar-refractivity contribution in [3.63, 3.8) is 0 Å². The van der Waals surface area contributed by atoms with Gasteiger partial charge >= 0.3 is 0 Å². The number of amides is 1. The minimum absolute atomic E-state index is 0. The number of piperidine rings is 1. The van der Waals surface area contributed by atoms with Crippen molar-refractivity contribution in [1.82, 2.24) is 10.2 Å². The first-order valence-electron chi connectivity index (χ1n) is 6.41. The van der Waals surface area contributed by atoms with Crippen LogP contribution in [0.25, 0.3) is 0 Å². The molecule has 0 aromatic carbocycles. The average molecular weight is 263 g/mol. The number of hydrogen-bond donors (Lipinski definition) is 2. The van der Waals surface area contributed by atoms with Crippen LogP contribution in [0.3, 0.4) is 0 Å². The lowest BCUT2D eigenvalue weighted by atomic mass is 9.95. The molecule has 1 amide bonds. The molecule has 2 fully saturated rings. The van der Waals surface area contributed by atoms with Crippen molar-refractivity contribution in [2.24, 2.45) is 5.92 Å². The standard InChI is InChI=1S/C12H22N2O2.ClH/c1-2-9-4-3-5-14(8-9)12(16)11-6-10(15)7-13-11;/h9-11,13,15H,2-8H2,1H3;1H. The fourth-order valence-electron chi connectivity index (χ4n) is 2.72. The number of likely N-dealkylation sites (tertiary alicyclic amines) is 1. The van der Waals surface area contributed by atoms with Crippen LogP contribution < -0.4 is 5.32 Å². The summed E-state index contributed by atoms with van der Waals surface area (Å²) >= 11 is 0. The third-order valence-corrected chi connectivity index (χ3v) is 3.81. The maximum Gasteiger partial charge on any atom is 0.239 e. The van der Waals surface area contributed by atoms with E-state index in [1.807, 2.05) is 4.90 Å². The number of hydrogen-bond acceptors (Lipinski definition) is 3. The molecule has 2 rings (SSSR count). The van der Waals surface area contributed by atoms with E-state index < -0.39 is 0 Å². The number of carbonyl (C=O) groups excluding carboxylic acids is 1. The van der Waals surface area contributed by atoms with Gasteiger partial charge in [0, 0.05) is 19.6 Å². The van der Waals surface area contributed by atoms with Gasteiger partial charge in [0.2, 0.25) is 5.91 Å². The van der Waals surface area contributed by atoms with Crippen LogP contribution in [-0.4, -0.2) is 47.7 Å². The lowest BCUT2D eigenvalue weighted by Crippen LogP contribution is -2.47. The van der Waals surface area contributed by atoms with Crippen molar-refractivity contribution in [3.8, 4) is 0 Å². The summed E-state index contributed by atoms with van der Waals surface area (Å²) in [7, 11) is 0. The molecule has 2 aliphatic rings. The molecule has 0 aliphatic carbocycles. The molecule has 0 saturated carbocycles. The van der Waals surface area contributed by atoms with Gasteiger partial charge in [0.15, 0.2) is 0 Å². The Balaban J connectivity index is 0.00000144. The number of aliphatic hydroxyl groups is 1. The largest absolute Gasteiger partial charge is 0.392 e. The van der Waals surface area contributed by atoms with Crippen molar-refractivity contribution in [1.29, 1.82) is 0 Å². The van der Waals surface area contributed by atoms with Gasteiger partial charge in [-0.3, -0.25) is 4.79 Å². The predicted molar refractivity (Wildman–Crippen MR) is 69.3 cm³/mol. The number of aliphatic hydroxyl groups excluding tert-OH is 1. The highest BCUT2D eigenvalue weighted by atomic mass is 35.5. The van der Waals surface area contributed by atoms with E-state index in [9.17, 15) is 9.90 Å². The monoisotopic (exact) mass is 262 g/mol. The second-order valence-corrected chi connectivity index (χ2v) is 5.05. The van der Waals surface area contributed by atoms with Crippen LogP contribution in [0.5, 0.6) is 0 Å². The minimum atomic E-state index is -0.347. The molecular weight excluding hydrogens is 240 g/mol. The predicted octanol–water partition coefficient (Wildman–Crippen LogP) is 0.780. The quantitative estimate of drug-likeness (QED) is 0.773. The SMILES string of the molecule is CCC1CCCN(C(=O)C2CC(O)CN2)C1.Cl. The summed E-state index contributed by atoms with van der Waals surface area (Å²) in [4.78, 5) is 14.1. The smallest absolute Gasteiger partial charge is 0.239 e. The third-order valence-electron chi connectivity index (χ3n) is 3.81. The van der Waals surface area contributed by atoms with Crippen molar-refractivity contribution in [2.45, 2.75) is 44.8 Å². The lowest BCUT2D eigenvalue weighted by Gasteiger charge is -2.33. The Morgan fingerprint density at radius 3 is 2.88 bits per heavy atom. The number of nitrogens with zero attached hydrogens (tertiary/aromatic N) is 1. The Hall–Kier alpha value is -0.320. The molecule has 3 unspecified atom stereocenters. The average Bonchev–Trinajstić information content (AvgIpc) is 2.75. The zero-order valence-electron chi connectivity index (χ0n) is 10.4. The maximum atomic E-state index is 12.2. The molecule has 2 heterocycles. The van der Waals surface area contributed by atoms with E-state index in [2.05, 4.69) is 12.2 Å². The molecule has 2 saturated heterocycles. The van der Waals surface area contributed by atoms with Crippen molar-refractivity contribution < 1.29 is 9.90 Å². The Kier molecular flexibility index (Phi) is 5.70. The Labute approximate surface area is 109 Å². The highest BCUT2D eigenvalue weighted by molar-refractivity contribution is 5.85. The molecule has 2 aliphatic heterocycles. The van der Waals surface area contributed by atoms with Crippen LogP contribution in [0, 0.1) is 5.92 Å². The summed E-state index contributed by atoms with van der Waals surface area (Å²) < 4.78 is 0. The van der Waals surface area contributed by atoms with Gasteiger partial charge in [-0.25, -0.2) is 0 Å².